The van der Waals surface area contributed by atoms with Gasteiger partial charge in [0.25, 0.3) is 5.91 Å². The highest BCUT2D eigenvalue weighted by atomic mass is 32.2. The normalized spacial score (nSPS) is 22.7. The van der Waals surface area contributed by atoms with Gasteiger partial charge in [0.05, 0.1) is 12.2 Å². The van der Waals surface area contributed by atoms with Gasteiger partial charge in [0, 0.05) is 16.2 Å². The molecule has 26 heavy (non-hydrogen) atoms. The van der Waals surface area contributed by atoms with Crippen molar-refractivity contribution in [3.63, 3.8) is 0 Å². The lowest BCUT2D eigenvalue weighted by molar-refractivity contribution is -0.134. The summed E-state index contributed by atoms with van der Waals surface area (Å²) in [6, 6.07) is 7.61. The van der Waals surface area contributed by atoms with Gasteiger partial charge in [0.2, 0.25) is 0 Å². The Morgan fingerprint density at radius 2 is 2.04 bits per heavy atom. The number of imide groups is 1. The van der Waals surface area contributed by atoms with Crippen molar-refractivity contribution in [3.05, 3.63) is 46.5 Å². The summed E-state index contributed by atoms with van der Waals surface area (Å²) < 4.78 is 41.9. The van der Waals surface area contributed by atoms with Gasteiger partial charge in [-0.2, -0.15) is 17.5 Å². The van der Waals surface area contributed by atoms with Gasteiger partial charge >= 0.3 is 12.2 Å². The fourth-order valence-corrected chi connectivity index (χ4v) is 5.02. The summed E-state index contributed by atoms with van der Waals surface area (Å²) in [6.45, 7) is -0.283. The molecule has 3 amide bonds. The van der Waals surface area contributed by atoms with Crippen molar-refractivity contribution >= 4 is 35.2 Å². The number of urea groups is 1. The van der Waals surface area contributed by atoms with Crippen LogP contribution in [0.4, 0.5) is 18.0 Å². The van der Waals surface area contributed by atoms with E-state index in [0.29, 0.717) is 23.7 Å². The van der Waals surface area contributed by atoms with Gasteiger partial charge in [0.1, 0.15) is 10.4 Å². The molecule has 1 aromatic carbocycles. The summed E-state index contributed by atoms with van der Waals surface area (Å²) in [5, 5.41) is 2.76. The molecule has 10 heteroatoms. The highest BCUT2D eigenvalue weighted by Crippen LogP contribution is 2.44. The minimum Gasteiger partial charge on any atom is -0.319 e. The molecule has 1 N–H and O–H groups in total. The number of fused-ring (bicyclic) bond motifs is 2. The number of alkyl halides is 3. The number of benzene rings is 1. The molecule has 3 heterocycles. The zero-order chi connectivity index (χ0) is 18.5. The molecule has 0 bridgehead atoms. The van der Waals surface area contributed by atoms with Crippen molar-refractivity contribution in [2.45, 2.75) is 29.6 Å². The summed E-state index contributed by atoms with van der Waals surface area (Å²) in [6.07, 6.45) is -4.06. The first-order valence-corrected chi connectivity index (χ1v) is 9.46. The monoisotopic (exact) mass is 399 g/mol. The summed E-state index contributed by atoms with van der Waals surface area (Å²) in [5.41, 5.74) is -0.380. The minimum absolute atomic E-state index is 0.0429. The Kier molecular flexibility index (Phi) is 3.99. The van der Waals surface area contributed by atoms with E-state index < -0.39 is 28.5 Å². The third kappa shape index (κ3) is 2.67. The first-order valence-electron chi connectivity index (χ1n) is 7.70. The first kappa shape index (κ1) is 17.3. The predicted octanol–water partition coefficient (Wildman–Crippen LogP) is 3.61. The average molecular weight is 399 g/mol. The zero-order valence-electron chi connectivity index (χ0n) is 13.2. The molecule has 1 unspecified atom stereocenters. The molecule has 0 aliphatic carbocycles. The Labute approximate surface area is 154 Å². The van der Waals surface area contributed by atoms with Gasteiger partial charge in [-0.05, 0) is 30.1 Å². The van der Waals surface area contributed by atoms with E-state index in [1.807, 2.05) is 12.1 Å². The van der Waals surface area contributed by atoms with Crippen LogP contribution in [-0.2, 0) is 23.1 Å². The molecule has 2 aliphatic heterocycles. The summed E-state index contributed by atoms with van der Waals surface area (Å²) in [5.74, 6) is 0.211. The second kappa shape index (κ2) is 5.98. The Hall–Kier alpha value is -2.07. The standard InChI is InChI=1S/C16H12F3N3O2S2/c17-16(18,19)12-7-9(21-26-12)8-22-13(23)15(20-14(22)24)5-6-25-11-4-2-1-3-10(11)15/h1-4,7H,5-6,8H2,(H,20,24). The van der Waals surface area contributed by atoms with E-state index in [2.05, 4.69) is 9.69 Å². The number of carbonyl (C=O) groups is 2. The lowest BCUT2D eigenvalue weighted by Gasteiger charge is -2.32. The molecule has 1 fully saturated rings. The van der Waals surface area contributed by atoms with Crippen LogP contribution in [0.2, 0.25) is 0 Å². The van der Waals surface area contributed by atoms with Crippen molar-refractivity contribution in [2.75, 3.05) is 5.75 Å². The predicted molar refractivity (Wildman–Crippen MR) is 89.7 cm³/mol. The number of carbonyl (C=O) groups excluding carboxylic acids is 2. The molecule has 2 aromatic rings. The molecule has 4 rings (SSSR count). The van der Waals surface area contributed by atoms with Crippen molar-refractivity contribution in [1.29, 1.82) is 0 Å². The maximum Gasteiger partial charge on any atom is 0.427 e. The van der Waals surface area contributed by atoms with E-state index in [0.717, 1.165) is 21.4 Å². The van der Waals surface area contributed by atoms with Crippen LogP contribution in [0.3, 0.4) is 0 Å². The number of aromatic nitrogens is 1. The maximum atomic E-state index is 13.1. The van der Waals surface area contributed by atoms with E-state index >= 15 is 0 Å². The van der Waals surface area contributed by atoms with E-state index in [9.17, 15) is 22.8 Å². The summed E-state index contributed by atoms with van der Waals surface area (Å²) in [7, 11) is 0. The number of halogens is 3. The van der Waals surface area contributed by atoms with Crippen LogP contribution < -0.4 is 5.32 Å². The van der Waals surface area contributed by atoms with E-state index in [-0.39, 0.29) is 12.2 Å². The Morgan fingerprint density at radius 3 is 2.77 bits per heavy atom. The fourth-order valence-electron chi connectivity index (χ4n) is 3.20. The Morgan fingerprint density at radius 1 is 1.27 bits per heavy atom. The van der Waals surface area contributed by atoms with E-state index in [1.165, 1.54) is 0 Å². The van der Waals surface area contributed by atoms with Crippen LogP contribution >= 0.6 is 23.3 Å². The van der Waals surface area contributed by atoms with Crippen LogP contribution in [0.1, 0.15) is 22.6 Å². The van der Waals surface area contributed by atoms with Crippen molar-refractivity contribution < 1.29 is 22.8 Å². The lowest BCUT2D eigenvalue weighted by atomic mass is 9.86. The quantitative estimate of drug-likeness (QED) is 0.784. The van der Waals surface area contributed by atoms with Crippen LogP contribution in [0.25, 0.3) is 0 Å². The second-order valence-corrected chi connectivity index (χ2v) is 7.94. The SMILES string of the molecule is O=C1NC2(CCSc3ccccc32)C(=O)N1Cc1cc(C(F)(F)F)sn1. The topological polar surface area (TPSA) is 62.3 Å². The fraction of sp³-hybridized carbons (Fsp3) is 0.312. The van der Waals surface area contributed by atoms with Gasteiger partial charge in [0.15, 0.2) is 0 Å². The van der Waals surface area contributed by atoms with Crippen LogP contribution in [0, 0.1) is 0 Å². The van der Waals surface area contributed by atoms with Crippen molar-refractivity contribution in [1.82, 2.24) is 14.6 Å². The molecule has 1 saturated heterocycles. The van der Waals surface area contributed by atoms with Gasteiger partial charge in [-0.1, -0.05) is 18.2 Å². The Balaban J connectivity index is 1.64. The minimum atomic E-state index is -4.49. The molecule has 136 valence electrons. The molecule has 0 radical (unpaired) electrons. The molecule has 2 aliphatic rings. The third-order valence-electron chi connectivity index (χ3n) is 4.42. The number of hydrogen-bond donors (Lipinski definition) is 1. The number of thioether (sulfide) groups is 1. The molecular formula is C16H12F3N3O2S2. The van der Waals surface area contributed by atoms with Crippen molar-refractivity contribution in [3.8, 4) is 0 Å². The molecule has 1 aromatic heterocycles. The number of amides is 3. The lowest BCUT2D eigenvalue weighted by Crippen LogP contribution is -2.46. The third-order valence-corrected chi connectivity index (χ3v) is 6.36. The summed E-state index contributed by atoms with van der Waals surface area (Å²) >= 11 is 1.92. The van der Waals surface area contributed by atoms with Crippen molar-refractivity contribution in [2.24, 2.45) is 0 Å². The number of rotatable bonds is 2. The van der Waals surface area contributed by atoms with Gasteiger partial charge in [-0.3, -0.25) is 9.69 Å². The first-order chi connectivity index (χ1) is 12.3. The van der Waals surface area contributed by atoms with Gasteiger partial charge < -0.3 is 5.32 Å². The largest absolute Gasteiger partial charge is 0.427 e. The molecule has 1 spiro atoms. The Bertz CT molecular complexity index is 899. The highest BCUT2D eigenvalue weighted by molar-refractivity contribution is 7.99. The van der Waals surface area contributed by atoms with E-state index in [1.54, 1.807) is 23.9 Å². The van der Waals surface area contributed by atoms with Gasteiger partial charge in [-0.25, -0.2) is 4.79 Å². The van der Waals surface area contributed by atoms with Crippen LogP contribution in [0.5, 0.6) is 0 Å². The molecule has 5 nitrogen and oxygen atoms in total. The molecule has 1 atom stereocenters. The summed E-state index contributed by atoms with van der Waals surface area (Å²) in [4.78, 5) is 26.5. The van der Waals surface area contributed by atoms with Gasteiger partial charge in [-0.15, -0.1) is 11.8 Å². The average Bonchev–Trinajstić information content (AvgIpc) is 3.16. The smallest absolute Gasteiger partial charge is 0.319 e. The van der Waals surface area contributed by atoms with Crippen LogP contribution in [0.15, 0.2) is 35.2 Å². The number of hydrogen-bond acceptors (Lipinski definition) is 5. The maximum absolute atomic E-state index is 13.1. The number of nitrogens with zero attached hydrogens (tertiary/aromatic N) is 2. The zero-order valence-corrected chi connectivity index (χ0v) is 14.8. The molecular weight excluding hydrogens is 387 g/mol. The van der Waals surface area contributed by atoms with E-state index in [4.69, 9.17) is 0 Å². The van der Waals surface area contributed by atoms with Crippen LogP contribution in [-0.4, -0.2) is 27.0 Å². The second-order valence-electron chi connectivity index (χ2n) is 6.00. The number of nitrogens with one attached hydrogen (secondary N) is 1. The highest BCUT2D eigenvalue weighted by Gasteiger charge is 2.54. The molecule has 0 saturated carbocycles.